The average Bonchev–Trinajstić information content (AvgIpc) is 3.81. The highest BCUT2D eigenvalue weighted by Crippen LogP contribution is 2.33. The first-order chi connectivity index (χ1) is 25.7. The molecule has 1 atom stereocenters. The van der Waals surface area contributed by atoms with Crippen molar-refractivity contribution in [1.82, 2.24) is 19.8 Å². The zero-order chi connectivity index (χ0) is 38.6. The van der Waals surface area contributed by atoms with E-state index >= 15 is 0 Å². The Morgan fingerprint density at radius 2 is 1.69 bits per heavy atom. The Kier molecular flexibility index (Phi) is 11.8. The van der Waals surface area contributed by atoms with Gasteiger partial charge in [0.1, 0.15) is 11.4 Å². The van der Waals surface area contributed by atoms with Crippen molar-refractivity contribution in [2.24, 2.45) is 17.8 Å². The number of nitrogens with one attached hydrogen (secondary N) is 4. The van der Waals surface area contributed by atoms with Crippen molar-refractivity contribution in [2.75, 3.05) is 25.0 Å². The molecule has 3 aromatic carbocycles. The Morgan fingerprint density at radius 3 is 2.41 bits per heavy atom. The van der Waals surface area contributed by atoms with Crippen molar-refractivity contribution in [1.29, 1.82) is 0 Å². The smallest absolute Gasteiger partial charge is 0.407 e. The molecule has 4 N–H and O–H groups in total. The van der Waals surface area contributed by atoms with Crippen molar-refractivity contribution in [3.63, 3.8) is 0 Å². The first kappa shape index (κ1) is 39.0. The van der Waals surface area contributed by atoms with Crippen LogP contribution in [0.5, 0.6) is 0 Å². The summed E-state index contributed by atoms with van der Waals surface area (Å²) in [5.41, 5.74) is 3.61. The van der Waals surface area contributed by atoms with Gasteiger partial charge in [0.05, 0.1) is 15.8 Å². The molecular weight excluding hydrogens is 707 g/mol. The first-order valence-corrected chi connectivity index (χ1v) is 20.3. The van der Waals surface area contributed by atoms with Crippen molar-refractivity contribution < 1.29 is 27.5 Å². The largest absolute Gasteiger partial charge is 0.444 e. The Morgan fingerprint density at radius 1 is 0.944 bits per heavy atom. The molecule has 54 heavy (non-hydrogen) atoms. The molecule has 1 aliphatic carbocycles. The number of carbonyl (C=O) groups excluding carboxylic acids is 3. The van der Waals surface area contributed by atoms with E-state index in [0.717, 1.165) is 47.9 Å². The van der Waals surface area contributed by atoms with Crippen LogP contribution in [0.4, 0.5) is 10.5 Å². The van der Waals surface area contributed by atoms with Gasteiger partial charge in [-0.3, -0.25) is 24.6 Å². The van der Waals surface area contributed by atoms with Gasteiger partial charge < -0.3 is 15.4 Å². The highest BCUT2D eigenvalue weighted by Gasteiger charge is 2.31. The van der Waals surface area contributed by atoms with E-state index in [2.05, 4.69) is 20.8 Å². The van der Waals surface area contributed by atoms with Gasteiger partial charge in [0, 0.05) is 43.6 Å². The maximum absolute atomic E-state index is 14.0. The molecule has 2 aliphatic rings. The molecule has 1 aliphatic heterocycles. The van der Waals surface area contributed by atoms with Crippen LogP contribution in [0.3, 0.4) is 0 Å². The van der Waals surface area contributed by atoms with Crippen LogP contribution < -0.4 is 16.2 Å². The number of alkyl carbamates (subject to hydrolysis) is 1. The number of nitrogens with zero attached hydrogens (tertiary/aromatic N) is 1. The van der Waals surface area contributed by atoms with Crippen molar-refractivity contribution in [2.45, 2.75) is 89.6 Å². The van der Waals surface area contributed by atoms with E-state index in [9.17, 15) is 27.6 Å². The summed E-state index contributed by atoms with van der Waals surface area (Å²) < 4.78 is 33.7. The monoisotopic (exact) mass is 757 g/mol. The van der Waals surface area contributed by atoms with Crippen LogP contribution in [-0.2, 0) is 30.8 Å². The van der Waals surface area contributed by atoms with Gasteiger partial charge in [0.15, 0.2) is 0 Å². The fourth-order valence-corrected chi connectivity index (χ4v) is 9.10. The lowest BCUT2D eigenvalue weighted by Crippen LogP contribution is -2.37. The zero-order valence-corrected chi connectivity index (χ0v) is 32.3. The van der Waals surface area contributed by atoms with Crippen LogP contribution in [0.25, 0.3) is 22.0 Å². The van der Waals surface area contributed by atoms with Crippen LogP contribution in [0.2, 0.25) is 0 Å². The Hall–Kier alpha value is -4.75. The number of fused-ring (bicyclic) bond motifs is 1. The van der Waals surface area contributed by atoms with Crippen molar-refractivity contribution in [3.05, 3.63) is 82.1 Å². The molecule has 2 fully saturated rings. The quantitative estimate of drug-likeness (QED) is 0.125. The minimum absolute atomic E-state index is 0.0333. The van der Waals surface area contributed by atoms with Gasteiger partial charge in [0.2, 0.25) is 15.9 Å². The number of Topliss-reactive ketones (excluding diaryl/α,β-unsaturated/α-hetero) is 1. The number of benzene rings is 3. The van der Waals surface area contributed by atoms with Crippen molar-refractivity contribution in [3.8, 4) is 11.1 Å². The number of aromatic amines is 2. The van der Waals surface area contributed by atoms with Crippen LogP contribution in [-0.4, -0.2) is 65.9 Å². The lowest BCUT2D eigenvalue weighted by atomic mass is 9.77. The van der Waals surface area contributed by atoms with E-state index < -0.39 is 27.6 Å². The van der Waals surface area contributed by atoms with Crippen LogP contribution in [0.1, 0.15) is 76.8 Å². The summed E-state index contributed by atoms with van der Waals surface area (Å²) in [5.74, 6) is -0.913. The summed E-state index contributed by atoms with van der Waals surface area (Å²) in [6.07, 6.45) is 4.52. The molecule has 0 unspecified atom stereocenters. The predicted octanol–water partition coefficient (Wildman–Crippen LogP) is 6.70. The Balaban J connectivity index is 1.18. The maximum Gasteiger partial charge on any atom is 0.407 e. The van der Waals surface area contributed by atoms with Gasteiger partial charge in [-0.2, -0.15) is 4.31 Å². The third-order valence-corrected chi connectivity index (χ3v) is 12.4. The molecule has 1 saturated carbocycles. The van der Waals surface area contributed by atoms with Gasteiger partial charge in [-0.1, -0.05) is 30.3 Å². The number of H-pyrrole nitrogens is 2. The van der Waals surface area contributed by atoms with Gasteiger partial charge >= 0.3 is 6.09 Å². The van der Waals surface area contributed by atoms with Crippen LogP contribution in [0.15, 0.2) is 70.4 Å². The zero-order valence-electron chi connectivity index (χ0n) is 31.5. The number of rotatable bonds is 12. The molecule has 1 aromatic heterocycles. The second-order valence-electron chi connectivity index (χ2n) is 15.8. The molecule has 2 amide bonds. The molecule has 2 heterocycles. The number of hydrogen-bond donors (Lipinski definition) is 4. The number of carbonyl (C=O) groups is 3. The van der Waals surface area contributed by atoms with Crippen molar-refractivity contribution >= 4 is 44.4 Å². The molecule has 0 radical (unpaired) electrons. The highest BCUT2D eigenvalue weighted by atomic mass is 32.2. The van der Waals surface area contributed by atoms with Gasteiger partial charge in [-0.05, 0) is 131 Å². The summed E-state index contributed by atoms with van der Waals surface area (Å²) in [6.45, 7) is 8.93. The van der Waals surface area contributed by atoms with Gasteiger partial charge in [-0.15, -0.1) is 0 Å². The second kappa shape index (κ2) is 16.3. The second-order valence-corrected chi connectivity index (χ2v) is 17.7. The van der Waals surface area contributed by atoms with E-state index in [4.69, 9.17) is 4.74 Å². The molecule has 4 aromatic rings. The average molecular weight is 758 g/mol. The van der Waals surface area contributed by atoms with E-state index in [0.29, 0.717) is 49.1 Å². The van der Waals surface area contributed by atoms with E-state index in [1.54, 1.807) is 30.3 Å². The molecule has 13 heteroatoms. The first-order valence-electron chi connectivity index (χ1n) is 18.9. The number of aryl methyl sites for hydroxylation is 1. The van der Waals surface area contributed by atoms with Crippen LogP contribution in [0, 0.1) is 24.7 Å². The molecule has 288 valence electrons. The summed E-state index contributed by atoms with van der Waals surface area (Å²) in [4.78, 5) is 52.3. The molecule has 0 spiro atoms. The summed E-state index contributed by atoms with van der Waals surface area (Å²) in [5, 5.41) is 11.7. The fraction of sp³-hybridized carbons (Fsp3) is 0.463. The highest BCUT2D eigenvalue weighted by molar-refractivity contribution is 7.89. The lowest BCUT2D eigenvalue weighted by molar-refractivity contribution is -0.129. The van der Waals surface area contributed by atoms with Gasteiger partial charge in [0.25, 0.3) is 5.56 Å². The maximum atomic E-state index is 14.0. The predicted molar refractivity (Wildman–Crippen MR) is 209 cm³/mol. The van der Waals surface area contributed by atoms with E-state index in [1.807, 2.05) is 58.0 Å². The number of hydrogen-bond acceptors (Lipinski definition) is 7. The summed E-state index contributed by atoms with van der Waals surface area (Å²) >= 11 is 0. The third kappa shape index (κ3) is 9.48. The molecule has 12 nitrogen and oxygen atoms in total. The Bertz CT molecular complexity index is 2170. The number of aromatic nitrogens is 2. The minimum atomic E-state index is -3.61. The number of ether oxygens (including phenoxy) is 1. The molecule has 6 rings (SSSR count). The fourth-order valence-electron chi connectivity index (χ4n) is 7.56. The number of sulfonamides is 1. The minimum Gasteiger partial charge on any atom is -0.444 e. The molecular formula is C41H51N5O7S. The number of anilines is 1. The van der Waals surface area contributed by atoms with E-state index in [1.165, 1.54) is 4.31 Å². The Labute approximate surface area is 316 Å². The third-order valence-electron chi connectivity index (χ3n) is 10.5. The molecule has 1 saturated heterocycles. The SMILES string of the molecule is Cc1ccc(S(=O)(=O)N2CCCC2)cc1-c1cccc(C[C@H](CC(=O)C2CCC(CNC(=O)OC(C)(C)C)CC2)C(=O)Nc2ccc3c(=O)[nH][nH]c3c2)c1. The summed E-state index contributed by atoms with van der Waals surface area (Å²) in [7, 11) is -3.61. The standard InChI is InChI=1S/C41H51N5O7S/c1-26-10-16-33(54(51,52)46-18-5-6-19-46)24-35(26)30-9-7-8-28(20-30)21-31(38(48)43-32-15-17-34-36(23-32)44-45-39(34)49)22-37(47)29-13-11-27(12-14-29)25-42-40(50)53-41(2,3)4/h7-10,15-17,20,23-24,27,29,31H,5-6,11-14,18-19,21-22,25H2,1-4H3,(H,42,50)(H,43,48)(H2,44,45,49)/t27?,29?,31-/m1/s1. The van der Waals surface area contributed by atoms with Crippen LogP contribution >= 0.6 is 0 Å². The number of ketones is 1. The lowest BCUT2D eigenvalue weighted by Gasteiger charge is -2.29. The summed E-state index contributed by atoms with van der Waals surface area (Å²) in [6, 6.07) is 17.9. The molecule has 0 bridgehead atoms. The number of amides is 2. The topological polar surface area (TPSA) is 171 Å². The normalized spacial score (nSPS) is 18.7. The van der Waals surface area contributed by atoms with E-state index in [-0.39, 0.29) is 46.8 Å². The van der Waals surface area contributed by atoms with Gasteiger partial charge in [-0.25, -0.2) is 13.2 Å².